The molecule has 0 aliphatic heterocycles. The molecule has 0 saturated heterocycles. The van der Waals surface area contributed by atoms with Crippen molar-refractivity contribution in [3.63, 3.8) is 0 Å². The number of hydrogen-bond donors (Lipinski definition) is 2. The fraction of sp³-hybridized carbons (Fsp3) is 0.818. The van der Waals surface area contributed by atoms with Crippen LogP contribution in [0.4, 0.5) is 0 Å². The number of hydrogen-bond acceptors (Lipinski definition) is 2. The van der Waals surface area contributed by atoms with E-state index in [1.807, 2.05) is 13.8 Å². The van der Waals surface area contributed by atoms with Crippen molar-refractivity contribution in [1.82, 2.24) is 0 Å². The average molecular weight is 262 g/mol. The normalized spacial score (nSPS) is 27.8. The molecular formula is C11H20Na2O4. The first-order chi connectivity index (χ1) is 6.95. The second-order valence-electron chi connectivity index (χ2n) is 4.65. The zero-order valence-corrected chi connectivity index (χ0v) is 15.1. The van der Waals surface area contributed by atoms with Crippen LogP contribution in [0, 0.1) is 23.7 Å². The first kappa shape index (κ1) is 20.3. The molecule has 1 saturated carbocycles. The van der Waals surface area contributed by atoms with E-state index in [2.05, 4.69) is 0 Å². The quantitative estimate of drug-likeness (QED) is 0.510. The molecule has 2 N–H and O–H groups in total. The topological polar surface area (TPSA) is 74.6 Å². The maximum absolute atomic E-state index is 11.1. The summed E-state index contributed by atoms with van der Waals surface area (Å²) in [6.45, 7) is 3.93. The molecule has 90 valence electrons. The van der Waals surface area contributed by atoms with Gasteiger partial charge in [0.05, 0.1) is 11.8 Å². The van der Waals surface area contributed by atoms with Crippen LogP contribution in [0.2, 0.25) is 0 Å². The molecule has 0 aromatic rings. The third-order valence-corrected chi connectivity index (χ3v) is 3.41. The third kappa shape index (κ3) is 5.21. The van der Waals surface area contributed by atoms with Crippen molar-refractivity contribution in [2.45, 2.75) is 33.1 Å². The number of carboxylic acid groups (broad SMARTS) is 2. The molecule has 1 aliphatic rings. The zero-order chi connectivity index (χ0) is 11.6. The largest absolute Gasteiger partial charge is 1.00 e. The Morgan fingerprint density at radius 1 is 1.12 bits per heavy atom. The van der Waals surface area contributed by atoms with Gasteiger partial charge >= 0.3 is 71.1 Å². The summed E-state index contributed by atoms with van der Waals surface area (Å²) in [7, 11) is 0. The zero-order valence-electron chi connectivity index (χ0n) is 13.1. The van der Waals surface area contributed by atoms with Crippen molar-refractivity contribution in [3.05, 3.63) is 0 Å². The molecule has 0 radical (unpaired) electrons. The molecule has 0 aromatic carbocycles. The van der Waals surface area contributed by atoms with Crippen molar-refractivity contribution in [1.29, 1.82) is 0 Å². The van der Waals surface area contributed by atoms with E-state index in [1.165, 1.54) is 0 Å². The smallest absolute Gasteiger partial charge is 1.00 e. The van der Waals surface area contributed by atoms with Crippen LogP contribution in [0.3, 0.4) is 0 Å². The van der Waals surface area contributed by atoms with Gasteiger partial charge in [-0.1, -0.05) is 20.3 Å². The van der Waals surface area contributed by atoms with Crippen LogP contribution in [-0.4, -0.2) is 22.2 Å². The summed E-state index contributed by atoms with van der Waals surface area (Å²) < 4.78 is 0. The molecule has 3 unspecified atom stereocenters. The molecule has 1 rings (SSSR count). The summed E-state index contributed by atoms with van der Waals surface area (Å²) in [4.78, 5) is 22.1. The first-order valence-corrected chi connectivity index (χ1v) is 5.40. The van der Waals surface area contributed by atoms with Gasteiger partial charge in [-0.05, 0) is 24.7 Å². The van der Waals surface area contributed by atoms with Crippen molar-refractivity contribution in [2.24, 2.45) is 23.7 Å². The van der Waals surface area contributed by atoms with E-state index in [9.17, 15) is 9.59 Å². The molecule has 0 spiro atoms. The molecule has 17 heavy (non-hydrogen) atoms. The van der Waals surface area contributed by atoms with E-state index in [0.29, 0.717) is 6.42 Å². The van der Waals surface area contributed by atoms with Gasteiger partial charge in [0, 0.05) is 0 Å². The minimum absolute atomic E-state index is 0. The molecule has 6 heteroatoms. The Kier molecular flexibility index (Phi) is 10.7. The maximum Gasteiger partial charge on any atom is 1.00 e. The van der Waals surface area contributed by atoms with Crippen molar-refractivity contribution in [2.75, 3.05) is 0 Å². The minimum atomic E-state index is -0.965. The Morgan fingerprint density at radius 2 is 1.65 bits per heavy atom. The van der Waals surface area contributed by atoms with Crippen molar-refractivity contribution in [3.8, 4) is 0 Å². The van der Waals surface area contributed by atoms with Gasteiger partial charge in [0.2, 0.25) is 0 Å². The van der Waals surface area contributed by atoms with Crippen LogP contribution in [0.5, 0.6) is 0 Å². The molecule has 0 amide bonds. The van der Waals surface area contributed by atoms with E-state index < -0.39 is 23.8 Å². The van der Waals surface area contributed by atoms with Crippen LogP contribution in [0.15, 0.2) is 0 Å². The predicted molar refractivity (Wildman–Crippen MR) is 56.7 cm³/mol. The van der Waals surface area contributed by atoms with Gasteiger partial charge in [0.25, 0.3) is 0 Å². The fourth-order valence-corrected chi connectivity index (χ4v) is 2.61. The Hall–Kier alpha value is 0.940. The average Bonchev–Trinajstić information content (AvgIpc) is 2.16. The summed E-state index contributed by atoms with van der Waals surface area (Å²) in [5.74, 6) is -3.11. The number of carboxylic acids is 2. The first-order valence-electron chi connectivity index (χ1n) is 5.40. The Balaban J connectivity index is -0.000000281. The third-order valence-electron chi connectivity index (χ3n) is 3.41. The van der Waals surface area contributed by atoms with Crippen molar-refractivity contribution < 1.29 is 81.8 Å². The second kappa shape index (κ2) is 8.94. The van der Waals surface area contributed by atoms with Crippen LogP contribution in [0.25, 0.3) is 0 Å². The Morgan fingerprint density at radius 3 is 2.00 bits per heavy atom. The van der Waals surface area contributed by atoms with Crippen LogP contribution in [0.1, 0.15) is 36.0 Å². The van der Waals surface area contributed by atoms with Gasteiger partial charge in [-0.15, -0.1) is 0 Å². The molecule has 3 atom stereocenters. The molecule has 0 aromatic heterocycles. The van der Waals surface area contributed by atoms with Gasteiger partial charge in [0.1, 0.15) is 0 Å². The van der Waals surface area contributed by atoms with Crippen LogP contribution < -0.4 is 59.1 Å². The van der Waals surface area contributed by atoms with Gasteiger partial charge in [-0.25, -0.2) is 0 Å². The standard InChI is InChI=1S/C11H18O4.2Na.2H/c1-6(2)7-4-3-5-8(10(12)13)9(7)11(14)15;;;;/h6-9H,3-5H2,1-2H3,(H,12,13)(H,14,15);;;;/q;2*+1;2*-1. The van der Waals surface area contributed by atoms with Gasteiger partial charge in [-0.2, -0.15) is 0 Å². The van der Waals surface area contributed by atoms with Crippen LogP contribution >= 0.6 is 0 Å². The van der Waals surface area contributed by atoms with Gasteiger partial charge in [-0.3, -0.25) is 9.59 Å². The summed E-state index contributed by atoms with van der Waals surface area (Å²) in [6, 6.07) is 0. The van der Waals surface area contributed by atoms with Crippen molar-refractivity contribution >= 4 is 11.9 Å². The Labute approximate surface area is 149 Å². The van der Waals surface area contributed by atoms with Crippen LogP contribution in [-0.2, 0) is 9.59 Å². The molecule has 1 aliphatic carbocycles. The van der Waals surface area contributed by atoms with Gasteiger partial charge in [0.15, 0.2) is 0 Å². The van der Waals surface area contributed by atoms with E-state index in [1.54, 1.807) is 0 Å². The van der Waals surface area contributed by atoms with E-state index in [0.717, 1.165) is 12.8 Å². The predicted octanol–water partition coefficient (Wildman–Crippen LogP) is -3.92. The minimum Gasteiger partial charge on any atom is -1.00 e. The summed E-state index contributed by atoms with van der Waals surface area (Å²) >= 11 is 0. The summed E-state index contributed by atoms with van der Waals surface area (Å²) in [5.41, 5.74) is 0. The molecule has 4 nitrogen and oxygen atoms in total. The maximum atomic E-state index is 11.1. The molecule has 1 fully saturated rings. The molecule has 0 bridgehead atoms. The van der Waals surface area contributed by atoms with E-state index >= 15 is 0 Å². The monoisotopic (exact) mass is 262 g/mol. The van der Waals surface area contributed by atoms with Gasteiger partial charge < -0.3 is 13.1 Å². The molecular weight excluding hydrogens is 242 g/mol. The fourth-order valence-electron chi connectivity index (χ4n) is 2.61. The molecule has 0 heterocycles. The Bertz CT molecular complexity index is 277. The summed E-state index contributed by atoms with van der Waals surface area (Å²) in [6.07, 6.45) is 2.15. The number of rotatable bonds is 3. The SMILES string of the molecule is CC(C)C1CCCC(C(=O)O)C1C(=O)O.[H-].[H-].[Na+].[Na+]. The number of aliphatic carboxylic acids is 2. The second-order valence-corrected chi connectivity index (χ2v) is 4.65. The summed E-state index contributed by atoms with van der Waals surface area (Å²) in [5, 5.41) is 18.1. The van der Waals surface area contributed by atoms with E-state index in [4.69, 9.17) is 10.2 Å². The van der Waals surface area contributed by atoms with E-state index in [-0.39, 0.29) is 73.8 Å². The number of carbonyl (C=O) groups is 2.